The van der Waals surface area contributed by atoms with E-state index in [0.29, 0.717) is 6.42 Å². The van der Waals surface area contributed by atoms with E-state index in [9.17, 15) is 4.79 Å². The monoisotopic (exact) mass is 174 g/mol. The van der Waals surface area contributed by atoms with Crippen LogP contribution in [0.1, 0.15) is 24.5 Å². The van der Waals surface area contributed by atoms with E-state index in [4.69, 9.17) is 4.74 Å². The van der Waals surface area contributed by atoms with Crippen molar-refractivity contribution in [2.45, 2.75) is 25.2 Å². The molecule has 1 unspecified atom stereocenters. The lowest BCUT2D eigenvalue weighted by atomic mass is 9.62. The van der Waals surface area contributed by atoms with Crippen LogP contribution in [-0.4, -0.2) is 5.97 Å². The average Bonchev–Trinajstić information content (AvgIpc) is 2.00. The third-order valence-corrected chi connectivity index (χ3v) is 3.05. The molecular weight excluding hydrogens is 164 g/mol. The van der Waals surface area contributed by atoms with Crippen LogP contribution in [0, 0.1) is 0 Å². The number of esters is 1. The molecule has 0 aromatic heterocycles. The number of benzene rings is 1. The highest BCUT2D eigenvalue weighted by atomic mass is 16.5. The molecule has 0 N–H and O–H groups in total. The van der Waals surface area contributed by atoms with Gasteiger partial charge >= 0.3 is 5.97 Å². The molecule has 1 aliphatic carbocycles. The zero-order valence-electron chi connectivity index (χ0n) is 7.46. The van der Waals surface area contributed by atoms with Gasteiger partial charge in [0.25, 0.3) is 0 Å². The molecule has 3 rings (SSSR count). The summed E-state index contributed by atoms with van der Waals surface area (Å²) in [5, 5.41) is 0. The van der Waals surface area contributed by atoms with Gasteiger partial charge in [-0.1, -0.05) is 19.1 Å². The van der Waals surface area contributed by atoms with Crippen molar-refractivity contribution in [3.63, 3.8) is 0 Å². The van der Waals surface area contributed by atoms with Gasteiger partial charge in [-0.05, 0) is 18.1 Å². The lowest BCUT2D eigenvalue weighted by Gasteiger charge is -2.44. The Hall–Kier alpha value is -1.31. The molecule has 1 aliphatic heterocycles. The van der Waals surface area contributed by atoms with Crippen molar-refractivity contribution < 1.29 is 9.53 Å². The van der Waals surface area contributed by atoms with Crippen molar-refractivity contribution in [2.75, 3.05) is 0 Å². The van der Waals surface area contributed by atoms with E-state index in [2.05, 4.69) is 13.0 Å². The molecule has 13 heavy (non-hydrogen) atoms. The Morgan fingerprint density at radius 3 is 3.08 bits per heavy atom. The van der Waals surface area contributed by atoms with E-state index in [1.165, 1.54) is 11.1 Å². The minimum Gasteiger partial charge on any atom is -0.426 e. The van der Waals surface area contributed by atoms with E-state index in [1.54, 1.807) is 0 Å². The standard InChI is InChI=1S/C11H10O2/c1-11-5-7-3-2-4-8(10(7)11)13-9(12)6-11/h2-4H,5-6H2,1H3. The molecule has 1 heterocycles. The second-order valence-electron chi connectivity index (χ2n) is 4.18. The Morgan fingerprint density at radius 2 is 2.23 bits per heavy atom. The Kier molecular flexibility index (Phi) is 1.07. The zero-order valence-corrected chi connectivity index (χ0v) is 7.46. The summed E-state index contributed by atoms with van der Waals surface area (Å²) in [5.74, 6) is 0.689. The van der Waals surface area contributed by atoms with Crippen LogP contribution in [0.2, 0.25) is 0 Å². The first-order chi connectivity index (χ1) is 6.19. The van der Waals surface area contributed by atoms with E-state index in [-0.39, 0.29) is 11.4 Å². The Labute approximate surface area is 76.5 Å². The maximum atomic E-state index is 11.2. The quantitative estimate of drug-likeness (QED) is 0.443. The second kappa shape index (κ2) is 1.95. The Balaban J connectivity index is 2.26. The van der Waals surface area contributed by atoms with Crippen molar-refractivity contribution in [1.29, 1.82) is 0 Å². The number of ether oxygens (including phenoxy) is 1. The molecule has 0 saturated heterocycles. The molecule has 1 aromatic rings. The van der Waals surface area contributed by atoms with Gasteiger partial charge in [0, 0.05) is 11.0 Å². The summed E-state index contributed by atoms with van der Waals surface area (Å²) < 4.78 is 5.17. The summed E-state index contributed by atoms with van der Waals surface area (Å²) in [6.45, 7) is 2.14. The van der Waals surface area contributed by atoms with Gasteiger partial charge in [-0.15, -0.1) is 0 Å². The summed E-state index contributed by atoms with van der Waals surface area (Å²) in [4.78, 5) is 11.2. The van der Waals surface area contributed by atoms with Crippen LogP contribution in [-0.2, 0) is 16.6 Å². The summed E-state index contributed by atoms with van der Waals surface area (Å²) in [7, 11) is 0. The summed E-state index contributed by atoms with van der Waals surface area (Å²) in [6.07, 6.45) is 1.56. The maximum Gasteiger partial charge on any atom is 0.312 e. The predicted octanol–water partition coefficient (Wildman–Crippen LogP) is 1.81. The molecule has 1 atom stereocenters. The highest BCUT2D eigenvalue weighted by Crippen LogP contribution is 2.50. The number of hydrogen-bond acceptors (Lipinski definition) is 2. The fourth-order valence-electron chi connectivity index (χ4n) is 2.52. The van der Waals surface area contributed by atoms with E-state index < -0.39 is 0 Å². The number of rotatable bonds is 0. The number of hydrogen-bond donors (Lipinski definition) is 0. The second-order valence-corrected chi connectivity index (χ2v) is 4.18. The van der Waals surface area contributed by atoms with Gasteiger partial charge in [0.2, 0.25) is 0 Å². The molecule has 0 bridgehead atoms. The van der Waals surface area contributed by atoms with Crippen LogP contribution in [0.25, 0.3) is 0 Å². The van der Waals surface area contributed by atoms with Gasteiger partial charge in [-0.2, -0.15) is 0 Å². The van der Waals surface area contributed by atoms with Crippen LogP contribution in [0.4, 0.5) is 0 Å². The fourth-order valence-corrected chi connectivity index (χ4v) is 2.52. The van der Waals surface area contributed by atoms with E-state index >= 15 is 0 Å². The smallest absolute Gasteiger partial charge is 0.312 e. The number of carbonyl (C=O) groups excluding carboxylic acids is 1. The lowest BCUT2D eigenvalue weighted by Crippen LogP contribution is -2.43. The maximum absolute atomic E-state index is 11.2. The van der Waals surface area contributed by atoms with Crippen molar-refractivity contribution in [3.05, 3.63) is 29.3 Å². The molecule has 0 amide bonds. The van der Waals surface area contributed by atoms with Gasteiger partial charge in [0.15, 0.2) is 0 Å². The molecule has 0 saturated carbocycles. The van der Waals surface area contributed by atoms with Crippen molar-refractivity contribution in [2.24, 2.45) is 0 Å². The molecular formula is C11H10O2. The van der Waals surface area contributed by atoms with Gasteiger partial charge in [-0.25, -0.2) is 0 Å². The molecule has 2 aliphatic rings. The first kappa shape index (κ1) is 7.13. The molecule has 66 valence electrons. The van der Waals surface area contributed by atoms with Crippen LogP contribution in [0.3, 0.4) is 0 Å². The van der Waals surface area contributed by atoms with Gasteiger partial charge in [0.05, 0.1) is 6.42 Å². The minimum absolute atomic E-state index is 0.0707. The van der Waals surface area contributed by atoms with Crippen molar-refractivity contribution in [1.82, 2.24) is 0 Å². The molecule has 0 spiro atoms. The molecule has 0 fully saturated rings. The molecule has 2 heteroatoms. The molecule has 2 nitrogen and oxygen atoms in total. The van der Waals surface area contributed by atoms with E-state index in [1.807, 2.05) is 12.1 Å². The van der Waals surface area contributed by atoms with Crippen LogP contribution >= 0.6 is 0 Å². The lowest BCUT2D eigenvalue weighted by molar-refractivity contribution is -0.137. The Morgan fingerprint density at radius 1 is 1.38 bits per heavy atom. The Bertz CT molecular complexity index is 409. The summed E-state index contributed by atoms with van der Waals surface area (Å²) in [5.41, 5.74) is 2.67. The fraction of sp³-hybridized carbons (Fsp3) is 0.364. The molecule has 0 radical (unpaired) electrons. The van der Waals surface area contributed by atoms with Gasteiger partial charge in [-0.3, -0.25) is 4.79 Å². The highest BCUT2D eigenvalue weighted by Gasteiger charge is 2.46. The third-order valence-electron chi connectivity index (χ3n) is 3.05. The van der Waals surface area contributed by atoms with Gasteiger partial charge < -0.3 is 4.74 Å². The van der Waals surface area contributed by atoms with Gasteiger partial charge in [0.1, 0.15) is 5.75 Å². The molecule has 1 aromatic carbocycles. The SMILES string of the molecule is CC12CC(=O)Oc3cccc(c31)C2. The van der Waals surface area contributed by atoms with Crippen molar-refractivity contribution in [3.8, 4) is 5.75 Å². The third kappa shape index (κ3) is 0.755. The summed E-state index contributed by atoms with van der Waals surface area (Å²) >= 11 is 0. The minimum atomic E-state index is -0.0909. The van der Waals surface area contributed by atoms with Crippen LogP contribution in [0.5, 0.6) is 5.75 Å². The highest BCUT2D eigenvalue weighted by molar-refractivity contribution is 5.80. The predicted molar refractivity (Wildman–Crippen MR) is 47.8 cm³/mol. The summed E-state index contributed by atoms with van der Waals surface area (Å²) in [6, 6.07) is 5.94. The first-order valence-electron chi connectivity index (χ1n) is 4.52. The zero-order chi connectivity index (χ0) is 9.05. The van der Waals surface area contributed by atoms with E-state index in [0.717, 1.165) is 12.2 Å². The van der Waals surface area contributed by atoms with Crippen LogP contribution < -0.4 is 4.74 Å². The first-order valence-corrected chi connectivity index (χ1v) is 4.52. The van der Waals surface area contributed by atoms with Crippen molar-refractivity contribution >= 4 is 5.97 Å². The largest absolute Gasteiger partial charge is 0.426 e. The number of carbonyl (C=O) groups is 1. The average molecular weight is 174 g/mol. The van der Waals surface area contributed by atoms with Crippen LogP contribution in [0.15, 0.2) is 18.2 Å². The topological polar surface area (TPSA) is 26.3 Å². The normalized spacial score (nSPS) is 28.8.